The van der Waals surface area contributed by atoms with Crippen molar-refractivity contribution >= 4 is 33.2 Å². The van der Waals surface area contributed by atoms with E-state index >= 15 is 0 Å². The number of carbonyl (C=O) groups excluding carboxylic acids is 1. The lowest BCUT2D eigenvalue weighted by atomic mass is 10.1. The number of amides is 1. The van der Waals surface area contributed by atoms with Crippen molar-refractivity contribution in [3.63, 3.8) is 0 Å². The van der Waals surface area contributed by atoms with Crippen LogP contribution in [0.25, 0.3) is 0 Å². The van der Waals surface area contributed by atoms with Gasteiger partial charge in [0, 0.05) is 21.2 Å². The molecule has 0 aromatic carbocycles. The van der Waals surface area contributed by atoms with Crippen LogP contribution in [0.15, 0.2) is 15.9 Å². The summed E-state index contributed by atoms with van der Waals surface area (Å²) in [6.45, 7) is 3.15. The molecule has 0 atom stereocenters. The summed E-state index contributed by atoms with van der Waals surface area (Å²) in [7, 11) is 0. The predicted octanol–water partition coefficient (Wildman–Crippen LogP) is 2.29. The number of carbonyl (C=O) groups is 1. The minimum Gasteiger partial charge on any atom is -0.378 e. The Morgan fingerprint density at radius 1 is 1.53 bits per heavy atom. The number of rotatable bonds is 6. The van der Waals surface area contributed by atoms with Gasteiger partial charge in [-0.3, -0.25) is 4.79 Å². The van der Waals surface area contributed by atoms with Gasteiger partial charge in [0.05, 0.1) is 19.3 Å². The Kier molecular flexibility index (Phi) is 6.30. The van der Waals surface area contributed by atoms with Gasteiger partial charge in [-0.15, -0.1) is 11.3 Å². The molecular formula is C13H19BrN2O2S. The highest BCUT2D eigenvalue weighted by molar-refractivity contribution is 9.10. The minimum absolute atomic E-state index is 0.0541. The van der Waals surface area contributed by atoms with E-state index in [4.69, 9.17) is 4.74 Å². The number of piperidine rings is 1. The number of hydrogen-bond donors (Lipinski definition) is 2. The summed E-state index contributed by atoms with van der Waals surface area (Å²) in [6, 6.07) is 2.02. The molecule has 1 amide bonds. The van der Waals surface area contributed by atoms with Crippen LogP contribution in [0.3, 0.4) is 0 Å². The second kappa shape index (κ2) is 7.99. The second-order valence-electron chi connectivity index (χ2n) is 4.58. The average molecular weight is 347 g/mol. The third kappa shape index (κ3) is 5.60. The van der Waals surface area contributed by atoms with Crippen molar-refractivity contribution in [2.45, 2.75) is 31.9 Å². The van der Waals surface area contributed by atoms with Crippen molar-refractivity contribution in [3.8, 4) is 0 Å². The van der Waals surface area contributed by atoms with Crippen LogP contribution in [-0.2, 0) is 16.1 Å². The van der Waals surface area contributed by atoms with Crippen molar-refractivity contribution in [2.24, 2.45) is 0 Å². The Bertz CT molecular complexity index is 405. The van der Waals surface area contributed by atoms with E-state index in [9.17, 15) is 4.79 Å². The number of halogens is 1. The lowest BCUT2D eigenvalue weighted by Gasteiger charge is -2.22. The zero-order chi connectivity index (χ0) is 13.5. The Morgan fingerprint density at radius 3 is 3.00 bits per heavy atom. The highest BCUT2D eigenvalue weighted by atomic mass is 79.9. The number of nitrogens with one attached hydrogen (secondary N) is 2. The van der Waals surface area contributed by atoms with Gasteiger partial charge in [0.15, 0.2) is 0 Å². The maximum absolute atomic E-state index is 11.7. The van der Waals surface area contributed by atoms with E-state index in [0.717, 1.165) is 35.3 Å². The van der Waals surface area contributed by atoms with Crippen molar-refractivity contribution < 1.29 is 9.53 Å². The van der Waals surface area contributed by atoms with Gasteiger partial charge < -0.3 is 15.4 Å². The summed E-state index contributed by atoms with van der Waals surface area (Å²) in [6.07, 6.45) is 2.86. The van der Waals surface area contributed by atoms with Gasteiger partial charge in [0.1, 0.15) is 0 Å². The van der Waals surface area contributed by atoms with E-state index in [0.29, 0.717) is 25.7 Å². The second-order valence-corrected chi connectivity index (χ2v) is 6.49. The van der Waals surface area contributed by atoms with Crippen LogP contribution in [0.5, 0.6) is 0 Å². The molecule has 1 aromatic rings. The molecule has 0 spiro atoms. The van der Waals surface area contributed by atoms with E-state index in [-0.39, 0.29) is 5.91 Å². The molecule has 2 N–H and O–H groups in total. The van der Waals surface area contributed by atoms with Crippen LogP contribution in [0.2, 0.25) is 0 Å². The van der Waals surface area contributed by atoms with Crippen LogP contribution in [-0.4, -0.2) is 31.7 Å². The van der Waals surface area contributed by atoms with E-state index in [2.05, 4.69) is 26.6 Å². The Balaban J connectivity index is 1.56. The first-order chi connectivity index (χ1) is 9.24. The highest BCUT2D eigenvalue weighted by Gasteiger charge is 2.13. The number of ether oxygens (including phenoxy) is 1. The fourth-order valence-electron chi connectivity index (χ4n) is 2.00. The van der Waals surface area contributed by atoms with Crippen molar-refractivity contribution in [1.29, 1.82) is 0 Å². The molecule has 19 heavy (non-hydrogen) atoms. The molecule has 6 heteroatoms. The number of hydrogen-bond acceptors (Lipinski definition) is 4. The first-order valence-corrected chi connectivity index (χ1v) is 8.23. The molecule has 2 heterocycles. The normalized spacial score (nSPS) is 16.5. The molecule has 2 rings (SSSR count). The van der Waals surface area contributed by atoms with Gasteiger partial charge in [-0.1, -0.05) is 0 Å². The van der Waals surface area contributed by atoms with Gasteiger partial charge in [0.25, 0.3) is 0 Å². The lowest BCUT2D eigenvalue weighted by molar-refractivity contribution is -0.122. The maximum Gasteiger partial charge on any atom is 0.222 e. The minimum atomic E-state index is 0.0541. The first-order valence-electron chi connectivity index (χ1n) is 6.56. The maximum atomic E-state index is 11.7. The SMILES string of the molecule is O=C(CCOC1CCNCC1)NCc1cc(Br)cs1. The average Bonchev–Trinajstić information content (AvgIpc) is 2.83. The van der Waals surface area contributed by atoms with Gasteiger partial charge in [-0.25, -0.2) is 0 Å². The van der Waals surface area contributed by atoms with Gasteiger partial charge in [0.2, 0.25) is 5.91 Å². The molecule has 0 aliphatic carbocycles. The molecule has 0 radical (unpaired) electrons. The molecule has 1 saturated heterocycles. The summed E-state index contributed by atoms with van der Waals surface area (Å²) < 4.78 is 6.77. The van der Waals surface area contributed by atoms with E-state index in [1.54, 1.807) is 11.3 Å². The van der Waals surface area contributed by atoms with Gasteiger partial charge >= 0.3 is 0 Å². The van der Waals surface area contributed by atoms with Crippen molar-refractivity contribution in [1.82, 2.24) is 10.6 Å². The quantitative estimate of drug-likeness (QED) is 0.830. The molecule has 0 bridgehead atoms. The highest BCUT2D eigenvalue weighted by Crippen LogP contribution is 2.19. The molecule has 1 aromatic heterocycles. The molecule has 1 fully saturated rings. The lowest BCUT2D eigenvalue weighted by Crippen LogP contribution is -2.33. The summed E-state index contributed by atoms with van der Waals surface area (Å²) >= 11 is 5.04. The zero-order valence-corrected chi connectivity index (χ0v) is 13.2. The Hall–Kier alpha value is -0.430. The van der Waals surface area contributed by atoms with E-state index in [1.807, 2.05) is 11.4 Å². The Labute approximate surface area is 126 Å². The van der Waals surface area contributed by atoms with E-state index in [1.165, 1.54) is 0 Å². The third-order valence-electron chi connectivity index (χ3n) is 3.05. The molecule has 106 valence electrons. The fraction of sp³-hybridized carbons (Fsp3) is 0.615. The van der Waals surface area contributed by atoms with Crippen molar-refractivity contribution in [2.75, 3.05) is 19.7 Å². The van der Waals surface area contributed by atoms with Crippen LogP contribution in [0.1, 0.15) is 24.1 Å². The van der Waals surface area contributed by atoms with Gasteiger partial charge in [-0.2, -0.15) is 0 Å². The van der Waals surface area contributed by atoms with Crippen molar-refractivity contribution in [3.05, 3.63) is 20.8 Å². The smallest absolute Gasteiger partial charge is 0.222 e. The molecule has 4 nitrogen and oxygen atoms in total. The molecule has 0 unspecified atom stereocenters. The third-order valence-corrected chi connectivity index (χ3v) is 4.75. The van der Waals surface area contributed by atoms with Crippen LogP contribution in [0, 0.1) is 0 Å². The number of thiophene rings is 1. The standard InChI is InChI=1S/C13H19BrN2O2S/c14-10-7-12(19-9-10)8-16-13(17)3-6-18-11-1-4-15-5-2-11/h7,9,11,15H,1-6,8H2,(H,16,17). The molecule has 1 aliphatic heterocycles. The summed E-state index contributed by atoms with van der Waals surface area (Å²) in [4.78, 5) is 12.8. The summed E-state index contributed by atoms with van der Waals surface area (Å²) in [5.74, 6) is 0.0541. The van der Waals surface area contributed by atoms with E-state index < -0.39 is 0 Å². The Morgan fingerprint density at radius 2 is 2.32 bits per heavy atom. The topological polar surface area (TPSA) is 50.4 Å². The van der Waals surface area contributed by atoms with Gasteiger partial charge in [-0.05, 0) is 47.9 Å². The van der Waals surface area contributed by atoms with Crippen LogP contribution >= 0.6 is 27.3 Å². The molecular weight excluding hydrogens is 328 g/mol. The first kappa shape index (κ1) is 15.0. The molecule has 1 aliphatic rings. The zero-order valence-electron chi connectivity index (χ0n) is 10.8. The summed E-state index contributed by atoms with van der Waals surface area (Å²) in [5.41, 5.74) is 0. The summed E-state index contributed by atoms with van der Waals surface area (Å²) in [5, 5.41) is 8.22. The largest absolute Gasteiger partial charge is 0.378 e. The van der Waals surface area contributed by atoms with Crippen LogP contribution in [0.4, 0.5) is 0 Å². The fourth-order valence-corrected chi connectivity index (χ4v) is 3.39. The predicted molar refractivity (Wildman–Crippen MR) is 80.3 cm³/mol. The van der Waals surface area contributed by atoms with Crippen LogP contribution < -0.4 is 10.6 Å². The monoisotopic (exact) mass is 346 g/mol. The molecule has 0 saturated carbocycles.